The lowest BCUT2D eigenvalue weighted by Crippen LogP contribution is -2.45. The third-order valence-corrected chi connectivity index (χ3v) is 5.11. The molecule has 1 aliphatic rings. The maximum absolute atomic E-state index is 5.67. The fourth-order valence-electron chi connectivity index (χ4n) is 2.50. The fourth-order valence-corrected chi connectivity index (χ4v) is 3.70. The highest BCUT2D eigenvalue weighted by atomic mass is 32.2. The first kappa shape index (κ1) is 15.9. The van der Waals surface area contributed by atoms with Gasteiger partial charge in [0.1, 0.15) is 0 Å². The van der Waals surface area contributed by atoms with Crippen molar-refractivity contribution in [2.24, 2.45) is 0 Å². The molecule has 0 radical (unpaired) electrons. The molecular weight excluding hydrogens is 266 g/mol. The van der Waals surface area contributed by atoms with Gasteiger partial charge in [-0.05, 0) is 43.0 Å². The minimum absolute atomic E-state index is 0.528. The molecular formula is C17H27NOS. The highest BCUT2D eigenvalue weighted by molar-refractivity contribution is 8.00. The van der Waals surface area contributed by atoms with Crippen LogP contribution in [0.25, 0.3) is 0 Å². The lowest BCUT2D eigenvalue weighted by molar-refractivity contribution is 0.0833. The molecule has 0 aromatic heterocycles. The van der Waals surface area contributed by atoms with Gasteiger partial charge in [0, 0.05) is 22.8 Å². The van der Waals surface area contributed by atoms with Crippen LogP contribution in [0.1, 0.15) is 45.1 Å². The molecule has 3 heteroatoms. The summed E-state index contributed by atoms with van der Waals surface area (Å²) < 4.78 is 5.67. The average molecular weight is 293 g/mol. The van der Waals surface area contributed by atoms with Crippen molar-refractivity contribution in [2.75, 3.05) is 19.8 Å². The molecule has 1 heterocycles. The first-order valence-corrected chi connectivity index (χ1v) is 8.66. The maximum Gasteiger partial charge on any atom is 0.0603 e. The van der Waals surface area contributed by atoms with E-state index in [1.165, 1.54) is 16.9 Å². The smallest absolute Gasteiger partial charge is 0.0603 e. The monoisotopic (exact) mass is 293 g/mol. The minimum Gasteiger partial charge on any atom is -0.380 e. The van der Waals surface area contributed by atoms with E-state index in [-0.39, 0.29) is 0 Å². The van der Waals surface area contributed by atoms with Gasteiger partial charge in [-0.3, -0.25) is 0 Å². The Hall–Kier alpha value is -0.510. The molecule has 1 fully saturated rings. The average Bonchev–Trinajstić information content (AvgIpc) is 2.47. The Morgan fingerprint density at radius 1 is 1.30 bits per heavy atom. The molecule has 2 atom stereocenters. The van der Waals surface area contributed by atoms with Crippen molar-refractivity contribution in [3.8, 4) is 0 Å². The molecule has 0 bridgehead atoms. The molecule has 20 heavy (non-hydrogen) atoms. The Balaban J connectivity index is 1.95. The summed E-state index contributed by atoms with van der Waals surface area (Å²) in [6.45, 7) is 9.56. The lowest BCUT2D eigenvalue weighted by atomic mass is 10.0. The maximum atomic E-state index is 5.67. The summed E-state index contributed by atoms with van der Waals surface area (Å²) in [5, 5.41) is 4.20. The molecule has 2 rings (SSSR count). The second kappa shape index (κ2) is 8.06. The largest absolute Gasteiger partial charge is 0.380 e. The standard InChI is InChI=1S/C17H27NOS/c1-4-10-18-16-9-11-19-12-17(16)20-15-7-5-14(6-8-15)13(2)3/h5-8,13,16-18H,4,9-12H2,1-3H3. The second-order valence-electron chi connectivity index (χ2n) is 5.80. The van der Waals surface area contributed by atoms with Crippen molar-refractivity contribution in [3.63, 3.8) is 0 Å². The summed E-state index contributed by atoms with van der Waals surface area (Å²) in [6.07, 6.45) is 2.32. The van der Waals surface area contributed by atoms with Crippen molar-refractivity contribution < 1.29 is 4.74 Å². The predicted molar refractivity (Wildman–Crippen MR) is 87.7 cm³/mol. The molecule has 0 amide bonds. The first-order valence-electron chi connectivity index (χ1n) is 7.78. The Kier molecular flexibility index (Phi) is 6.40. The summed E-state index contributed by atoms with van der Waals surface area (Å²) in [4.78, 5) is 1.35. The predicted octanol–water partition coefficient (Wildman–Crippen LogP) is 4.06. The summed E-state index contributed by atoms with van der Waals surface area (Å²) in [5.74, 6) is 0.603. The Morgan fingerprint density at radius 3 is 2.70 bits per heavy atom. The van der Waals surface area contributed by atoms with Gasteiger partial charge < -0.3 is 10.1 Å². The Bertz CT molecular complexity index is 390. The van der Waals surface area contributed by atoms with E-state index in [1.807, 2.05) is 11.8 Å². The molecule has 1 aromatic carbocycles. The fraction of sp³-hybridized carbons (Fsp3) is 0.647. The number of ether oxygens (including phenoxy) is 1. The van der Waals surface area contributed by atoms with E-state index in [0.717, 1.165) is 26.2 Å². The minimum atomic E-state index is 0.528. The van der Waals surface area contributed by atoms with Gasteiger partial charge in [0.25, 0.3) is 0 Å². The van der Waals surface area contributed by atoms with Crippen LogP contribution in [0.4, 0.5) is 0 Å². The van der Waals surface area contributed by atoms with Crippen LogP contribution < -0.4 is 5.32 Å². The molecule has 1 aliphatic heterocycles. The molecule has 1 N–H and O–H groups in total. The molecule has 0 aliphatic carbocycles. The topological polar surface area (TPSA) is 21.3 Å². The lowest BCUT2D eigenvalue weighted by Gasteiger charge is -2.32. The Labute approximate surface area is 127 Å². The molecule has 2 nitrogen and oxygen atoms in total. The molecule has 1 saturated heterocycles. The summed E-state index contributed by atoms with van der Waals surface area (Å²) in [7, 11) is 0. The van der Waals surface area contributed by atoms with Crippen molar-refractivity contribution in [1.29, 1.82) is 0 Å². The van der Waals surface area contributed by atoms with E-state index in [2.05, 4.69) is 50.4 Å². The van der Waals surface area contributed by atoms with E-state index >= 15 is 0 Å². The van der Waals surface area contributed by atoms with Gasteiger partial charge in [0.15, 0.2) is 0 Å². The van der Waals surface area contributed by atoms with Crippen LogP contribution in [0.5, 0.6) is 0 Å². The molecule has 112 valence electrons. The SMILES string of the molecule is CCCNC1CCOCC1Sc1ccc(C(C)C)cc1. The van der Waals surface area contributed by atoms with E-state index < -0.39 is 0 Å². The molecule has 1 aromatic rings. The quantitative estimate of drug-likeness (QED) is 0.854. The van der Waals surface area contributed by atoms with Gasteiger partial charge in [0.05, 0.1) is 6.61 Å². The summed E-state index contributed by atoms with van der Waals surface area (Å²) in [6, 6.07) is 9.60. The van der Waals surface area contributed by atoms with E-state index in [4.69, 9.17) is 4.74 Å². The van der Waals surface area contributed by atoms with Crippen LogP contribution in [-0.2, 0) is 4.74 Å². The van der Waals surface area contributed by atoms with Gasteiger partial charge in [-0.2, -0.15) is 0 Å². The zero-order valence-electron chi connectivity index (χ0n) is 12.9. The van der Waals surface area contributed by atoms with Gasteiger partial charge in [-0.15, -0.1) is 11.8 Å². The van der Waals surface area contributed by atoms with Gasteiger partial charge in [-0.25, -0.2) is 0 Å². The highest BCUT2D eigenvalue weighted by Crippen LogP contribution is 2.30. The number of thioether (sulfide) groups is 1. The van der Waals surface area contributed by atoms with Crippen molar-refractivity contribution >= 4 is 11.8 Å². The number of benzene rings is 1. The van der Waals surface area contributed by atoms with E-state index in [1.54, 1.807) is 0 Å². The van der Waals surface area contributed by atoms with Crippen molar-refractivity contribution in [1.82, 2.24) is 5.32 Å². The van der Waals surface area contributed by atoms with E-state index in [9.17, 15) is 0 Å². The van der Waals surface area contributed by atoms with Crippen molar-refractivity contribution in [2.45, 2.75) is 55.7 Å². The molecule has 0 spiro atoms. The number of nitrogens with one attached hydrogen (secondary N) is 1. The first-order chi connectivity index (χ1) is 9.70. The van der Waals surface area contributed by atoms with Crippen LogP contribution in [0.15, 0.2) is 29.2 Å². The van der Waals surface area contributed by atoms with E-state index in [0.29, 0.717) is 17.2 Å². The zero-order chi connectivity index (χ0) is 14.4. The van der Waals surface area contributed by atoms with Crippen LogP contribution >= 0.6 is 11.8 Å². The number of hydrogen-bond acceptors (Lipinski definition) is 3. The number of rotatable bonds is 6. The van der Waals surface area contributed by atoms with Gasteiger partial charge in [-0.1, -0.05) is 32.9 Å². The Morgan fingerprint density at radius 2 is 2.05 bits per heavy atom. The summed E-state index contributed by atoms with van der Waals surface area (Å²) in [5.41, 5.74) is 1.41. The van der Waals surface area contributed by atoms with Crippen LogP contribution in [-0.4, -0.2) is 31.1 Å². The van der Waals surface area contributed by atoms with Crippen LogP contribution in [0.3, 0.4) is 0 Å². The normalized spacial score (nSPS) is 23.2. The van der Waals surface area contributed by atoms with Gasteiger partial charge >= 0.3 is 0 Å². The third kappa shape index (κ3) is 4.51. The molecule has 2 unspecified atom stereocenters. The zero-order valence-corrected chi connectivity index (χ0v) is 13.7. The van der Waals surface area contributed by atoms with Crippen molar-refractivity contribution in [3.05, 3.63) is 29.8 Å². The highest BCUT2D eigenvalue weighted by Gasteiger charge is 2.26. The van der Waals surface area contributed by atoms with Gasteiger partial charge in [0.2, 0.25) is 0 Å². The third-order valence-electron chi connectivity index (χ3n) is 3.79. The summed E-state index contributed by atoms with van der Waals surface area (Å²) >= 11 is 1.96. The van der Waals surface area contributed by atoms with Crippen LogP contribution in [0, 0.1) is 0 Å². The number of hydrogen-bond donors (Lipinski definition) is 1. The second-order valence-corrected chi connectivity index (χ2v) is 7.12. The van der Waals surface area contributed by atoms with Crippen LogP contribution in [0.2, 0.25) is 0 Å². The molecule has 0 saturated carbocycles.